The second-order valence-corrected chi connectivity index (χ2v) is 4.51. The van der Waals surface area contributed by atoms with Crippen molar-refractivity contribution in [1.29, 1.82) is 0 Å². The quantitative estimate of drug-likeness (QED) is 0.659. The zero-order valence-electron chi connectivity index (χ0n) is 11.0. The first kappa shape index (κ1) is 14.9. The predicted molar refractivity (Wildman–Crippen MR) is 80.8 cm³/mol. The van der Waals surface area contributed by atoms with Crippen LogP contribution in [-0.2, 0) is 4.79 Å². The van der Waals surface area contributed by atoms with Crippen molar-refractivity contribution in [2.75, 3.05) is 6.61 Å². The molecule has 2 aromatic rings. The van der Waals surface area contributed by atoms with Gasteiger partial charge in [-0.25, -0.2) is 5.43 Å². The summed E-state index contributed by atoms with van der Waals surface area (Å²) in [4.78, 5) is 11.5. The van der Waals surface area contributed by atoms with Crippen molar-refractivity contribution >= 4 is 23.7 Å². The molecule has 0 aliphatic heterocycles. The summed E-state index contributed by atoms with van der Waals surface area (Å²) in [6, 6.07) is 13.3. The minimum Gasteiger partial charge on any atom is -0.508 e. The Hall–Kier alpha value is -2.53. The van der Waals surface area contributed by atoms with Crippen LogP contribution in [0.15, 0.2) is 53.6 Å². The highest BCUT2D eigenvalue weighted by molar-refractivity contribution is 6.32. The number of phenolic OH excluding ortho intramolecular Hbond substituents is 1. The molecule has 0 heterocycles. The molecule has 2 rings (SSSR count). The molecule has 0 saturated carbocycles. The number of nitrogens with one attached hydrogen (secondary N) is 1. The van der Waals surface area contributed by atoms with Gasteiger partial charge in [-0.3, -0.25) is 4.79 Å². The number of ether oxygens (including phenoxy) is 1. The van der Waals surface area contributed by atoms with Crippen LogP contribution < -0.4 is 10.2 Å². The zero-order chi connectivity index (χ0) is 15.1. The molecule has 21 heavy (non-hydrogen) atoms. The molecule has 0 fully saturated rings. The van der Waals surface area contributed by atoms with Crippen LogP contribution in [0.2, 0.25) is 5.02 Å². The summed E-state index contributed by atoms with van der Waals surface area (Å²) in [6.07, 6.45) is 1.47. The maximum atomic E-state index is 11.5. The van der Waals surface area contributed by atoms with Gasteiger partial charge in [-0.2, -0.15) is 5.10 Å². The largest absolute Gasteiger partial charge is 0.508 e. The Morgan fingerprint density at radius 3 is 2.67 bits per heavy atom. The standard InChI is InChI=1S/C15H13ClN2O3/c16-13-3-1-2-4-14(13)21-10-15(20)18-17-9-11-5-7-12(19)8-6-11/h1-9,19H,10H2,(H,18,20)/b17-9-. The number of rotatable bonds is 5. The van der Waals surface area contributed by atoms with Gasteiger partial charge in [-0.1, -0.05) is 23.7 Å². The van der Waals surface area contributed by atoms with E-state index in [1.807, 2.05) is 0 Å². The lowest BCUT2D eigenvalue weighted by molar-refractivity contribution is -0.123. The fraction of sp³-hybridized carbons (Fsp3) is 0.0667. The molecule has 0 aliphatic rings. The lowest BCUT2D eigenvalue weighted by atomic mass is 10.2. The molecular formula is C15H13ClN2O3. The van der Waals surface area contributed by atoms with E-state index >= 15 is 0 Å². The van der Waals surface area contributed by atoms with E-state index in [2.05, 4.69) is 10.5 Å². The zero-order valence-corrected chi connectivity index (χ0v) is 11.7. The monoisotopic (exact) mass is 304 g/mol. The summed E-state index contributed by atoms with van der Waals surface area (Å²) >= 11 is 5.90. The Kier molecular flexibility index (Phi) is 5.17. The van der Waals surface area contributed by atoms with Gasteiger partial charge in [0.25, 0.3) is 5.91 Å². The predicted octanol–water partition coefficient (Wildman–Crippen LogP) is 2.57. The molecule has 0 aliphatic carbocycles. The van der Waals surface area contributed by atoms with Crippen molar-refractivity contribution < 1.29 is 14.6 Å². The van der Waals surface area contributed by atoms with Gasteiger partial charge < -0.3 is 9.84 Å². The number of carbonyl (C=O) groups excluding carboxylic acids is 1. The van der Waals surface area contributed by atoms with Crippen molar-refractivity contribution in [3.8, 4) is 11.5 Å². The van der Waals surface area contributed by atoms with Crippen LogP contribution in [0, 0.1) is 0 Å². The third kappa shape index (κ3) is 4.81. The Morgan fingerprint density at radius 1 is 1.24 bits per heavy atom. The Balaban J connectivity index is 1.80. The Labute approximate surface area is 126 Å². The van der Waals surface area contributed by atoms with E-state index in [0.29, 0.717) is 10.8 Å². The van der Waals surface area contributed by atoms with E-state index in [0.717, 1.165) is 5.56 Å². The van der Waals surface area contributed by atoms with Gasteiger partial charge in [0.15, 0.2) is 6.61 Å². The topological polar surface area (TPSA) is 70.9 Å². The van der Waals surface area contributed by atoms with Gasteiger partial charge in [0.05, 0.1) is 11.2 Å². The van der Waals surface area contributed by atoms with E-state index < -0.39 is 5.91 Å². The fourth-order valence-electron chi connectivity index (χ4n) is 1.48. The summed E-state index contributed by atoms with van der Waals surface area (Å²) in [5.74, 6) is 0.214. The van der Waals surface area contributed by atoms with Crippen molar-refractivity contribution in [1.82, 2.24) is 5.43 Å². The van der Waals surface area contributed by atoms with E-state index in [1.165, 1.54) is 18.3 Å². The molecule has 0 radical (unpaired) electrons. The average molecular weight is 305 g/mol. The van der Waals surface area contributed by atoms with E-state index in [4.69, 9.17) is 21.4 Å². The number of halogens is 1. The van der Waals surface area contributed by atoms with Gasteiger partial charge in [0.2, 0.25) is 0 Å². The van der Waals surface area contributed by atoms with Crippen LogP contribution in [0.25, 0.3) is 0 Å². The molecule has 0 bridgehead atoms. The van der Waals surface area contributed by atoms with Crippen LogP contribution in [0.3, 0.4) is 0 Å². The average Bonchev–Trinajstić information content (AvgIpc) is 2.48. The number of amides is 1. The summed E-state index contributed by atoms with van der Waals surface area (Å²) in [7, 11) is 0. The van der Waals surface area contributed by atoms with E-state index in [-0.39, 0.29) is 12.4 Å². The number of hydrogen-bond acceptors (Lipinski definition) is 4. The van der Waals surface area contributed by atoms with Crippen LogP contribution in [0.4, 0.5) is 0 Å². The molecule has 5 nitrogen and oxygen atoms in total. The number of carbonyl (C=O) groups is 1. The summed E-state index contributed by atoms with van der Waals surface area (Å²) in [5.41, 5.74) is 3.09. The Morgan fingerprint density at radius 2 is 1.95 bits per heavy atom. The number of nitrogens with zero attached hydrogens (tertiary/aromatic N) is 1. The molecule has 0 aromatic heterocycles. The van der Waals surface area contributed by atoms with Gasteiger partial charge in [0.1, 0.15) is 11.5 Å². The first-order valence-electron chi connectivity index (χ1n) is 6.13. The SMILES string of the molecule is O=C(COc1ccccc1Cl)N/N=C\c1ccc(O)cc1. The first-order valence-corrected chi connectivity index (χ1v) is 6.51. The van der Waals surface area contributed by atoms with Crippen LogP contribution in [-0.4, -0.2) is 23.8 Å². The highest BCUT2D eigenvalue weighted by Crippen LogP contribution is 2.22. The molecule has 0 unspecified atom stereocenters. The highest BCUT2D eigenvalue weighted by Gasteiger charge is 2.03. The molecule has 2 N–H and O–H groups in total. The summed E-state index contributed by atoms with van der Waals surface area (Å²) in [6.45, 7) is -0.184. The van der Waals surface area contributed by atoms with E-state index in [1.54, 1.807) is 36.4 Å². The minimum absolute atomic E-state index is 0.171. The number of benzene rings is 2. The highest BCUT2D eigenvalue weighted by atomic mass is 35.5. The number of phenols is 1. The number of para-hydroxylation sites is 1. The molecular weight excluding hydrogens is 292 g/mol. The molecule has 0 spiro atoms. The second-order valence-electron chi connectivity index (χ2n) is 4.10. The van der Waals surface area contributed by atoms with Crippen LogP contribution >= 0.6 is 11.6 Å². The summed E-state index contributed by atoms with van der Waals surface area (Å²) < 4.78 is 5.27. The first-order chi connectivity index (χ1) is 10.1. The van der Waals surface area contributed by atoms with Gasteiger partial charge in [0, 0.05) is 0 Å². The van der Waals surface area contributed by atoms with Gasteiger partial charge >= 0.3 is 0 Å². The maximum Gasteiger partial charge on any atom is 0.277 e. The molecule has 2 aromatic carbocycles. The lowest BCUT2D eigenvalue weighted by Gasteiger charge is -2.06. The molecule has 6 heteroatoms. The third-order valence-electron chi connectivity index (χ3n) is 2.49. The fourth-order valence-corrected chi connectivity index (χ4v) is 1.67. The lowest BCUT2D eigenvalue weighted by Crippen LogP contribution is -2.24. The van der Waals surface area contributed by atoms with Crippen LogP contribution in [0.5, 0.6) is 11.5 Å². The minimum atomic E-state index is -0.398. The molecule has 0 saturated heterocycles. The van der Waals surface area contributed by atoms with Crippen molar-refractivity contribution in [2.45, 2.75) is 0 Å². The van der Waals surface area contributed by atoms with Gasteiger partial charge in [-0.05, 0) is 42.0 Å². The van der Waals surface area contributed by atoms with Crippen molar-refractivity contribution in [3.05, 3.63) is 59.1 Å². The van der Waals surface area contributed by atoms with Crippen LogP contribution in [0.1, 0.15) is 5.56 Å². The van der Waals surface area contributed by atoms with Crippen molar-refractivity contribution in [3.63, 3.8) is 0 Å². The normalized spacial score (nSPS) is 10.5. The number of hydrazone groups is 1. The molecule has 0 atom stereocenters. The maximum absolute atomic E-state index is 11.5. The van der Waals surface area contributed by atoms with Crippen molar-refractivity contribution in [2.24, 2.45) is 5.10 Å². The third-order valence-corrected chi connectivity index (χ3v) is 2.80. The number of hydrogen-bond donors (Lipinski definition) is 2. The molecule has 1 amide bonds. The Bertz CT molecular complexity index is 642. The summed E-state index contributed by atoms with van der Waals surface area (Å²) in [5, 5.41) is 13.4. The smallest absolute Gasteiger partial charge is 0.277 e. The molecule has 108 valence electrons. The van der Waals surface area contributed by atoms with E-state index in [9.17, 15) is 4.79 Å². The second kappa shape index (κ2) is 7.31. The van der Waals surface area contributed by atoms with Gasteiger partial charge in [-0.15, -0.1) is 0 Å². The number of aromatic hydroxyl groups is 1.